The number of ether oxygens (including phenoxy) is 1. The first-order chi connectivity index (χ1) is 10.0. The fourth-order valence-electron chi connectivity index (χ4n) is 3.65. The molecule has 1 aliphatic carbocycles. The number of nitrogens with one attached hydrogen (secondary N) is 1. The van der Waals surface area contributed by atoms with Gasteiger partial charge in [0.15, 0.2) is 0 Å². The molecule has 6 nitrogen and oxygen atoms in total. The van der Waals surface area contributed by atoms with Crippen molar-refractivity contribution in [1.29, 1.82) is 0 Å². The molecule has 2 unspecified atom stereocenters. The molecule has 3 rings (SSSR count). The molecule has 2 aliphatic heterocycles. The number of urea groups is 1. The third-order valence-electron chi connectivity index (χ3n) is 5.01. The first-order valence-corrected chi connectivity index (χ1v) is 8.02. The van der Waals surface area contributed by atoms with Crippen molar-refractivity contribution in [3.05, 3.63) is 0 Å². The minimum atomic E-state index is -0.615. The summed E-state index contributed by atoms with van der Waals surface area (Å²) in [5.41, 5.74) is -0.615. The molecule has 0 aromatic carbocycles. The summed E-state index contributed by atoms with van der Waals surface area (Å²) in [5.74, 6) is -0.0291. The van der Waals surface area contributed by atoms with Gasteiger partial charge in [-0.05, 0) is 26.7 Å². The summed E-state index contributed by atoms with van der Waals surface area (Å²) in [6, 6.07) is -0.00190. The van der Waals surface area contributed by atoms with Gasteiger partial charge >= 0.3 is 6.03 Å². The zero-order chi connectivity index (χ0) is 15.0. The van der Waals surface area contributed by atoms with Gasteiger partial charge < -0.3 is 10.1 Å². The second kappa shape index (κ2) is 5.57. The van der Waals surface area contributed by atoms with E-state index in [9.17, 15) is 9.59 Å². The maximum Gasteiger partial charge on any atom is 0.326 e. The van der Waals surface area contributed by atoms with Crippen LogP contribution in [0.1, 0.15) is 46.0 Å². The van der Waals surface area contributed by atoms with Crippen molar-refractivity contribution in [2.45, 2.75) is 63.6 Å². The summed E-state index contributed by atoms with van der Waals surface area (Å²) in [6.45, 7) is 5.87. The highest BCUT2D eigenvalue weighted by Crippen LogP contribution is 2.33. The third-order valence-corrected chi connectivity index (χ3v) is 5.01. The summed E-state index contributed by atoms with van der Waals surface area (Å²) < 4.78 is 5.60. The van der Waals surface area contributed by atoms with Crippen LogP contribution < -0.4 is 5.32 Å². The molecule has 3 amide bonds. The first kappa shape index (κ1) is 14.8. The van der Waals surface area contributed by atoms with E-state index in [4.69, 9.17) is 4.74 Å². The summed E-state index contributed by atoms with van der Waals surface area (Å²) in [6.07, 6.45) is 4.90. The molecule has 118 valence electrons. The Morgan fingerprint density at radius 1 is 1.24 bits per heavy atom. The predicted molar refractivity (Wildman–Crippen MR) is 77.6 cm³/mol. The van der Waals surface area contributed by atoms with Crippen molar-refractivity contribution in [2.75, 3.05) is 19.8 Å². The summed E-state index contributed by atoms with van der Waals surface area (Å²) in [7, 11) is 0. The van der Waals surface area contributed by atoms with Gasteiger partial charge in [0.25, 0.3) is 5.91 Å². The van der Waals surface area contributed by atoms with Crippen LogP contribution in [-0.2, 0) is 9.53 Å². The highest BCUT2D eigenvalue weighted by atomic mass is 16.5. The Morgan fingerprint density at radius 2 is 1.95 bits per heavy atom. The van der Waals surface area contributed by atoms with Gasteiger partial charge in [-0.15, -0.1) is 0 Å². The Hall–Kier alpha value is -1.14. The molecule has 1 N–H and O–H groups in total. The van der Waals surface area contributed by atoms with Crippen LogP contribution in [0.2, 0.25) is 0 Å². The quantitative estimate of drug-likeness (QED) is 0.780. The Balaban J connectivity index is 1.70. The highest BCUT2D eigenvalue weighted by Gasteiger charge is 2.51. The number of nitrogens with zero attached hydrogens (tertiary/aromatic N) is 2. The number of amides is 3. The number of carbonyl (C=O) groups excluding carboxylic acids is 2. The van der Waals surface area contributed by atoms with Crippen LogP contribution in [0.4, 0.5) is 4.79 Å². The van der Waals surface area contributed by atoms with E-state index in [1.807, 2.05) is 6.92 Å². The standard InChI is InChI=1S/C15H25N3O3/c1-11-9-21-12(2)8-17(11)10-18-13(19)15(16-14(18)20)6-4-3-5-7-15/h11-12H,3-10H2,1-2H3,(H,16,20). The van der Waals surface area contributed by atoms with Crippen LogP contribution in [-0.4, -0.2) is 59.2 Å². The maximum atomic E-state index is 12.7. The van der Waals surface area contributed by atoms with E-state index < -0.39 is 5.54 Å². The second-order valence-corrected chi connectivity index (χ2v) is 6.71. The van der Waals surface area contributed by atoms with Gasteiger partial charge in [0, 0.05) is 12.6 Å². The van der Waals surface area contributed by atoms with Crippen molar-refractivity contribution in [2.24, 2.45) is 0 Å². The molecule has 3 fully saturated rings. The molecular weight excluding hydrogens is 270 g/mol. The van der Waals surface area contributed by atoms with Gasteiger partial charge in [0.2, 0.25) is 0 Å². The molecule has 21 heavy (non-hydrogen) atoms. The summed E-state index contributed by atoms with van der Waals surface area (Å²) >= 11 is 0. The number of imide groups is 1. The molecule has 3 aliphatic rings. The zero-order valence-corrected chi connectivity index (χ0v) is 12.9. The van der Waals surface area contributed by atoms with Gasteiger partial charge in [-0.25, -0.2) is 9.69 Å². The fourth-order valence-corrected chi connectivity index (χ4v) is 3.65. The maximum absolute atomic E-state index is 12.7. The second-order valence-electron chi connectivity index (χ2n) is 6.71. The van der Waals surface area contributed by atoms with Crippen LogP contribution in [0.15, 0.2) is 0 Å². The van der Waals surface area contributed by atoms with Crippen molar-refractivity contribution in [1.82, 2.24) is 15.1 Å². The first-order valence-electron chi connectivity index (χ1n) is 8.02. The van der Waals surface area contributed by atoms with Crippen LogP contribution in [0, 0.1) is 0 Å². The van der Waals surface area contributed by atoms with Crippen LogP contribution in [0.25, 0.3) is 0 Å². The third kappa shape index (κ3) is 2.66. The van der Waals surface area contributed by atoms with Crippen molar-refractivity contribution in [3.63, 3.8) is 0 Å². The number of hydrogen-bond donors (Lipinski definition) is 1. The minimum Gasteiger partial charge on any atom is -0.376 e. The topological polar surface area (TPSA) is 61.9 Å². The Kier molecular flexibility index (Phi) is 3.92. The van der Waals surface area contributed by atoms with Crippen LogP contribution in [0.5, 0.6) is 0 Å². The largest absolute Gasteiger partial charge is 0.376 e. The van der Waals surface area contributed by atoms with Crippen molar-refractivity contribution >= 4 is 11.9 Å². The van der Waals surface area contributed by atoms with Gasteiger partial charge in [-0.1, -0.05) is 19.3 Å². The lowest BCUT2D eigenvalue weighted by Gasteiger charge is -2.38. The van der Waals surface area contributed by atoms with E-state index in [-0.39, 0.29) is 24.1 Å². The monoisotopic (exact) mass is 295 g/mol. The molecule has 2 heterocycles. The van der Waals surface area contributed by atoms with Crippen LogP contribution in [0.3, 0.4) is 0 Å². The van der Waals surface area contributed by atoms with Gasteiger partial charge in [-0.2, -0.15) is 0 Å². The zero-order valence-electron chi connectivity index (χ0n) is 12.9. The molecular formula is C15H25N3O3. The fraction of sp³-hybridized carbons (Fsp3) is 0.867. The van der Waals surface area contributed by atoms with Crippen molar-refractivity contribution < 1.29 is 14.3 Å². The number of carbonyl (C=O) groups is 2. The van der Waals surface area contributed by atoms with E-state index >= 15 is 0 Å². The highest BCUT2D eigenvalue weighted by molar-refractivity contribution is 6.07. The van der Waals surface area contributed by atoms with E-state index in [2.05, 4.69) is 17.1 Å². The van der Waals surface area contributed by atoms with Crippen molar-refractivity contribution in [3.8, 4) is 0 Å². The van der Waals surface area contributed by atoms with E-state index in [0.29, 0.717) is 13.3 Å². The van der Waals surface area contributed by atoms with Crippen LogP contribution >= 0.6 is 0 Å². The molecule has 0 aromatic rings. The average Bonchev–Trinajstić information content (AvgIpc) is 2.68. The van der Waals surface area contributed by atoms with E-state index in [1.54, 1.807) is 0 Å². The molecule has 6 heteroatoms. The Bertz CT molecular complexity index is 434. The minimum absolute atomic E-state index is 0.0291. The number of hydrogen-bond acceptors (Lipinski definition) is 4. The van der Waals surface area contributed by atoms with Gasteiger partial charge in [0.1, 0.15) is 5.54 Å². The Labute approximate surface area is 125 Å². The summed E-state index contributed by atoms with van der Waals surface area (Å²) in [5, 5.41) is 2.96. The van der Waals surface area contributed by atoms with Gasteiger partial charge in [-0.3, -0.25) is 9.69 Å². The lowest BCUT2D eigenvalue weighted by Crippen LogP contribution is -2.53. The Morgan fingerprint density at radius 3 is 2.67 bits per heavy atom. The molecule has 0 radical (unpaired) electrons. The SMILES string of the molecule is CC1CN(CN2C(=O)NC3(CCCCC3)C2=O)C(C)CO1. The number of morpholine rings is 1. The normalized spacial score (nSPS) is 33.5. The number of rotatable bonds is 2. The van der Waals surface area contributed by atoms with E-state index in [0.717, 1.165) is 38.6 Å². The lowest BCUT2D eigenvalue weighted by atomic mass is 9.82. The lowest BCUT2D eigenvalue weighted by molar-refractivity contribution is -0.136. The smallest absolute Gasteiger partial charge is 0.326 e. The van der Waals surface area contributed by atoms with E-state index in [1.165, 1.54) is 4.90 Å². The molecule has 1 saturated carbocycles. The predicted octanol–water partition coefficient (Wildman–Crippen LogP) is 1.31. The van der Waals surface area contributed by atoms with Gasteiger partial charge in [0.05, 0.1) is 19.4 Å². The molecule has 1 spiro atoms. The molecule has 2 saturated heterocycles. The summed E-state index contributed by atoms with van der Waals surface area (Å²) in [4.78, 5) is 28.6. The molecule has 2 atom stereocenters. The molecule has 0 aromatic heterocycles. The average molecular weight is 295 g/mol. The molecule has 0 bridgehead atoms.